The van der Waals surface area contributed by atoms with E-state index in [-0.39, 0.29) is 17.7 Å². The van der Waals surface area contributed by atoms with Crippen LogP contribution in [0.2, 0.25) is 0 Å². The normalized spacial score (nSPS) is 19.3. The molecule has 0 spiro atoms. The number of amides is 1. The Balaban J connectivity index is 2.59. The third kappa shape index (κ3) is 2.82. The summed E-state index contributed by atoms with van der Waals surface area (Å²) in [5.41, 5.74) is 0. The molecule has 0 aliphatic heterocycles. The summed E-state index contributed by atoms with van der Waals surface area (Å²) in [6.45, 7) is 3.33. The number of carbonyl (C=O) groups is 2. The molecule has 0 heterocycles. The van der Waals surface area contributed by atoms with Crippen molar-refractivity contribution in [1.29, 1.82) is 0 Å². The molecule has 1 fully saturated rings. The van der Waals surface area contributed by atoms with Crippen LogP contribution in [-0.2, 0) is 9.59 Å². The van der Waals surface area contributed by atoms with Crippen molar-refractivity contribution in [3.05, 3.63) is 0 Å². The van der Waals surface area contributed by atoms with Gasteiger partial charge in [0.15, 0.2) is 5.78 Å². The molecule has 0 saturated heterocycles. The van der Waals surface area contributed by atoms with Crippen LogP contribution < -0.4 is 5.32 Å². The lowest BCUT2D eigenvalue weighted by atomic mass is 9.93. The van der Waals surface area contributed by atoms with E-state index in [9.17, 15) is 9.59 Å². The Morgan fingerprint density at radius 3 is 2.36 bits per heavy atom. The van der Waals surface area contributed by atoms with Crippen LogP contribution in [0.25, 0.3) is 0 Å². The molecule has 0 aromatic rings. The highest BCUT2D eigenvalue weighted by atomic mass is 16.2. The number of carbonyl (C=O) groups excluding carboxylic acids is 2. The minimum Gasteiger partial charge on any atom is -0.346 e. The van der Waals surface area contributed by atoms with Gasteiger partial charge in [-0.05, 0) is 18.8 Å². The average Bonchev–Trinajstić information content (AvgIpc) is 2.65. The maximum atomic E-state index is 11.6. The molecular weight excluding hydrogens is 178 g/mol. The number of nitrogens with one attached hydrogen (secondary N) is 1. The van der Waals surface area contributed by atoms with Crippen LogP contribution in [0, 0.1) is 5.92 Å². The zero-order valence-corrected chi connectivity index (χ0v) is 9.01. The summed E-state index contributed by atoms with van der Waals surface area (Å²) in [5, 5.41) is 2.78. The second-order valence-corrected chi connectivity index (χ2v) is 4.04. The molecule has 3 nitrogen and oxygen atoms in total. The van der Waals surface area contributed by atoms with Crippen molar-refractivity contribution < 1.29 is 9.59 Å². The molecule has 1 N–H and O–H groups in total. The van der Waals surface area contributed by atoms with Crippen molar-refractivity contribution in [2.75, 3.05) is 0 Å². The number of Topliss-reactive ketones (excluding diaryl/α,β-unsaturated/α-hetero) is 1. The van der Waals surface area contributed by atoms with Gasteiger partial charge in [0.05, 0.1) is 6.04 Å². The van der Waals surface area contributed by atoms with E-state index in [1.807, 2.05) is 6.92 Å². The van der Waals surface area contributed by atoms with E-state index in [1.165, 1.54) is 19.8 Å². The zero-order chi connectivity index (χ0) is 10.6. The first-order valence-corrected chi connectivity index (χ1v) is 5.45. The third-order valence-corrected chi connectivity index (χ3v) is 2.93. The van der Waals surface area contributed by atoms with Crippen LogP contribution in [0.15, 0.2) is 0 Å². The van der Waals surface area contributed by atoms with E-state index in [4.69, 9.17) is 0 Å². The van der Waals surface area contributed by atoms with Gasteiger partial charge in [0.25, 0.3) is 0 Å². The number of hydrogen-bond donors (Lipinski definition) is 1. The molecule has 0 radical (unpaired) electrons. The molecule has 0 aromatic heterocycles. The Morgan fingerprint density at radius 2 is 1.93 bits per heavy atom. The van der Waals surface area contributed by atoms with Crippen LogP contribution in [0.5, 0.6) is 0 Å². The van der Waals surface area contributed by atoms with E-state index < -0.39 is 0 Å². The first-order chi connectivity index (χ1) is 6.65. The Morgan fingerprint density at radius 1 is 1.36 bits per heavy atom. The predicted octanol–water partition coefficient (Wildman–Crippen LogP) is 1.66. The van der Waals surface area contributed by atoms with E-state index in [0.717, 1.165) is 12.8 Å². The Bertz CT molecular complexity index is 219. The Kier molecular flexibility index (Phi) is 4.11. The van der Waals surface area contributed by atoms with Gasteiger partial charge in [-0.2, -0.15) is 0 Å². The maximum absolute atomic E-state index is 11.6. The van der Waals surface area contributed by atoms with E-state index in [1.54, 1.807) is 0 Å². The fraction of sp³-hybridized carbons (Fsp3) is 0.818. The van der Waals surface area contributed by atoms with Gasteiger partial charge in [-0.15, -0.1) is 0 Å². The first-order valence-electron chi connectivity index (χ1n) is 5.45. The van der Waals surface area contributed by atoms with Gasteiger partial charge in [0.1, 0.15) is 0 Å². The number of ketones is 1. The molecule has 0 bridgehead atoms. The minimum absolute atomic E-state index is 0.0938. The van der Waals surface area contributed by atoms with Gasteiger partial charge in [0, 0.05) is 13.3 Å². The smallest absolute Gasteiger partial charge is 0.217 e. The number of hydrogen-bond acceptors (Lipinski definition) is 2. The third-order valence-electron chi connectivity index (χ3n) is 2.93. The summed E-state index contributed by atoms with van der Waals surface area (Å²) >= 11 is 0. The highest BCUT2D eigenvalue weighted by Crippen LogP contribution is 2.28. The van der Waals surface area contributed by atoms with Crippen molar-refractivity contribution in [3.8, 4) is 0 Å². The molecule has 80 valence electrons. The molecule has 1 saturated carbocycles. The fourth-order valence-corrected chi connectivity index (χ4v) is 2.19. The van der Waals surface area contributed by atoms with E-state index in [2.05, 4.69) is 5.32 Å². The van der Waals surface area contributed by atoms with Gasteiger partial charge in [0.2, 0.25) is 5.91 Å². The molecular formula is C11H19NO2. The van der Waals surface area contributed by atoms with Crippen LogP contribution in [-0.4, -0.2) is 17.7 Å². The molecule has 14 heavy (non-hydrogen) atoms. The van der Waals surface area contributed by atoms with Crippen molar-refractivity contribution in [2.45, 2.75) is 52.0 Å². The minimum atomic E-state index is -0.222. The van der Waals surface area contributed by atoms with Crippen molar-refractivity contribution in [3.63, 3.8) is 0 Å². The summed E-state index contributed by atoms with van der Waals surface area (Å²) in [7, 11) is 0. The monoisotopic (exact) mass is 197 g/mol. The van der Waals surface area contributed by atoms with Gasteiger partial charge in [-0.25, -0.2) is 0 Å². The lowest BCUT2D eigenvalue weighted by Gasteiger charge is -2.22. The summed E-state index contributed by atoms with van der Waals surface area (Å²) in [5.74, 6) is 0.460. The van der Waals surface area contributed by atoms with E-state index >= 15 is 0 Å². The topological polar surface area (TPSA) is 46.2 Å². The molecule has 0 aromatic carbocycles. The Hall–Kier alpha value is -0.860. The summed E-state index contributed by atoms with van der Waals surface area (Å²) in [6.07, 6.45) is 5.06. The molecule has 1 aliphatic rings. The maximum Gasteiger partial charge on any atom is 0.217 e. The van der Waals surface area contributed by atoms with Crippen LogP contribution in [0.1, 0.15) is 46.0 Å². The standard InChI is InChI=1S/C11H19NO2/c1-3-10(14)11(12-8(2)13)9-6-4-5-7-9/h9,11H,3-7H2,1-2H3,(H,12,13)/t11-/m0/s1. The summed E-state index contributed by atoms with van der Waals surface area (Å²) in [6, 6.07) is -0.222. The molecule has 1 rings (SSSR count). The van der Waals surface area contributed by atoms with Gasteiger partial charge >= 0.3 is 0 Å². The lowest BCUT2D eigenvalue weighted by Crippen LogP contribution is -2.44. The second kappa shape index (κ2) is 5.13. The highest BCUT2D eigenvalue weighted by Gasteiger charge is 2.29. The van der Waals surface area contributed by atoms with E-state index in [0.29, 0.717) is 12.3 Å². The second-order valence-electron chi connectivity index (χ2n) is 4.04. The van der Waals surface area contributed by atoms with Crippen molar-refractivity contribution in [2.24, 2.45) is 5.92 Å². The Labute approximate surface area is 85.3 Å². The average molecular weight is 197 g/mol. The fourth-order valence-electron chi connectivity index (χ4n) is 2.19. The summed E-state index contributed by atoms with van der Waals surface area (Å²) < 4.78 is 0. The van der Waals surface area contributed by atoms with Gasteiger partial charge in [-0.1, -0.05) is 19.8 Å². The van der Waals surface area contributed by atoms with Crippen LogP contribution in [0.4, 0.5) is 0 Å². The zero-order valence-electron chi connectivity index (χ0n) is 9.01. The van der Waals surface area contributed by atoms with Gasteiger partial charge < -0.3 is 5.32 Å². The lowest BCUT2D eigenvalue weighted by molar-refractivity contribution is -0.127. The molecule has 0 unspecified atom stereocenters. The molecule has 3 heteroatoms. The quantitative estimate of drug-likeness (QED) is 0.745. The van der Waals surface area contributed by atoms with Crippen molar-refractivity contribution in [1.82, 2.24) is 5.32 Å². The van der Waals surface area contributed by atoms with Crippen LogP contribution >= 0.6 is 0 Å². The summed E-state index contributed by atoms with van der Waals surface area (Å²) in [4.78, 5) is 22.6. The van der Waals surface area contributed by atoms with Crippen molar-refractivity contribution >= 4 is 11.7 Å². The van der Waals surface area contributed by atoms with Gasteiger partial charge in [-0.3, -0.25) is 9.59 Å². The SMILES string of the molecule is CCC(=O)[C@@H](NC(C)=O)C1CCCC1. The first kappa shape index (κ1) is 11.2. The molecule has 1 aliphatic carbocycles. The largest absolute Gasteiger partial charge is 0.346 e. The highest BCUT2D eigenvalue weighted by molar-refractivity contribution is 5.88. The number of rotatable bonds is 4. The molecule has 1 atom stereocenters. The molecule has 1 amide bonds. The predicted molar refractivity (Wildman–Crippen MR) is 54.9 cm³/mol. The van der Waals surface area contributed by atoms with Crippen LogP contribution in [0.3, 0.4) is 0 Å².